The van der Waals surface area contributed by atoms with Gasteiger partial charge >= 0.3 is 12.0 Å². The minimum atomic E-state index is -1.15. The third-order valence-electron chi connectivity index (χ3n) is 6.01. The van der Waals surface area contributed by atoms with Crippen molar-refractivity contribution in [2.75, 3.05) is 28.7 Å². The Bertz CT molecular complexity index is 1550. The molecule has 0 fully saturated rings. The predicted octanol–water partition coefficient (Wildman–Crippen LogP) is 6.32. The number of para-hydroxylation sites is 2. The molecule has 2 aromatic heterocycles. The number of benzene rings is 2. The molecule has 0 spiro atoms. The number of thiazole rings is 1. The summed E-state index contributed by atoms with van der Waals surface area (Å²) in [4.78, 5) is 36.9. The van der Waals surface area contributed by atoms with Crippen LogP contribution in [0.2, 0.25) is 10.2 Å². The second-order valence-corrected chi connectivity index (χ2v) is 10.3. The number of carbonyl (C=O) groups excluding carboxylic acids is 2. The summed E-state index contributed by atoms with van der Waals surface area (Å²) in [6, 6.07) is 12.9. The molecule has 0 radical (unpaired) electrons. The van der Waals surface area contributed by atoms with Crippen LogP contribution >= 0.6 is 34.5 Å². The number of anilines is 4. The Morgan fingerprint density at radius 1 is 1.14 bits per heavy atom. The SMILES string of the molecule is CCOC(=O)C1(C)CN(c2ccccc2NC(=O)Nc2nc3ccc(Cl)nc3s2)c2c(O)ccc(Cl)c21. The molecule has 190 valence electrons. The molecular weight excluding hydrogens is 537 g/mol. The lowest BCUT2D eigenvalue weighted by Crippen LogP contribution is -2.38. The van der Waals surface area contributed by atoms with Crippen molar-refractivity contribution in [3.8, 4) is 5.75 Å². The molecule has 0 saturated carbocycles. The zero-order valence-corrected chi connectivity index (χ0v) is 22.0. The maximum atomic E-state index is 13.0. The number of nitrogens with one attached hydrogen (secondary N) is 2. The Morgan fingerprint density at radius 2 is 1.92 bits per heavy atom. The average molecular weight is 558 g/mol. The van der Waals surface area contributed by atoms with Crippen LogP contribution in [0.15, 0.2) is 48.5 Å². The van der Waals surface area contributed by atoms with Gasteiger partial charge in [0, 0.05) is 17.1 Å². The fourth-order valence-corrected chi connectivity index (χ4v) is 5.80. The van der Waals surface area contributed by atoms with Crippen LogP contribution in [0.3, 0.4) is 0 Å². The number of aromatic nitrogens is 2. The summed E-state index contributed by atoms with van der Waals surface area (Å²) in [5, 5.41) is 17.4. The minimum absolute atomic E-state index is 0.0488. The highest BCUT2D eigenvalue weighted by Gasteiger charge is 2.49. The molecule has 1 unspecified atom stereocenters. The number of phenolic OH excluding ortho intramolecular Hbond substituents is 1. The number of aromatic hydroxyl groups is 1. The first-order chi connectivity index (χ1) is 17.7. The van der Waals surface area contributed by atoms with Crippen LogP contribution in [0.4, 0.5) is 27.0 Å². The molecule has 5 rings (SSSR count). The Kier molecular flexibility index (Phi) is 6.57. The highest BCUT2D eigenvalue weighted by Crippen LogP contribution is 2.53. The fourth-order valence-electron chi connectivity index (χ4n) is 4.40. The number of halogens is 2. The Hall–Kier alpha value is -3.60. The van der Waals surface area contributed by atoms with Crippen molar-refractivity contribution in [2.45, 2.75) is 19.3 Å². The van der Waals surface area contributed by atoms with E-state index in [1.807, 2.05) is 0 Å². The van der Waals surface area contributed by atoms with Gasteiger partial charge in [-0.05, 0) is 50.2 Å². The van der Waals surface area contributed by atoms with Crippen molar-refractivity contribution in [3.05, 3.63) is 64.3 Å². The average Bonchev–Trinajstić information content (AvgIpc) is 3.40. The molecule has 3 N–H and O–H groups in total. The molecular formula is C25H21Cl2N5O4S. The van der Waals surface area contributed by atoms with Crippen LogP contribution in [-0.2, 0) is 14.9 Å². The van der Waals surface area contributed by atoms with E-state index in [1.54, 1.807) is 61.2 Å². The topological polar surface area (TPSA) is 117 Å². The second-order valence-electron chi connectivity index (χ2n) is 8.50. The lowest BCUT2D eigenvalue weighted by atomic mass is 9.84. The van der Waals surface area contributed by atoms with Crippen LogP contribution < -0.4 is 15.5 Å². The number of amides is 2. The maximum absolute atomic E-state index is 13.0. The second kappa shape index (κ2) is 9.70. The summed E-state index contributed by atoms with van der Waals surface area (Å²) in [5.41, 5.74) is 1.32. The monoisotopic (exact) mass is 557 g/mol. The number of carbonyl (C=O) groups is 2. The first-order valence-electron chi connectivity index (χ1n) is 11.3. The molecule has 0 bridgehead atoms. The number of hydrogen-bond acceptors (Lipinski definition) is 8. The molecule has 1 aliphatic heterocycles. The first-order valence-corrected chi connectivity index (χ1v) is 12.9. The molecule has 3 heterocycles. The maximum Gasteiger partial charge on any atom is 0.325 e. The Morgan fingerprint density at radius 3 is 2.70 bits per heavy atom. The number of esters is 1. The number of phenols is 1. The zero-order chi connectivity index (χ0) is 26.3. The van der Waals surface area contributed by atoms with Crippen molar-refractivity contribution in [2.24, 2.45) is 0 Å². The number of nitrogens with zero attached hydrogens (tertiary/aromatic N) is 3. The Balaban J connectivity index is 1.47. The summed E-state index contributed by atoms with van der Waals surface area (Å²) in [6.45, 7) is 3.80. The third-order valence-corrected chi connectivity index (χ3v) is 7.42. The van der Waals surface area contributed by atoms with Crippen LogP contribution in [0.25, 0.3) is 10.3 Å². The van der Waals surface area contributed by atoms with E-state index in [4.69, 9.17) is 27.9 Å². The quantitative estimate of drug-likeness (QED) is 0.194. The lowest BCUT2D eigenvalue weighted by Gasteiger charge is -2.26. The van der Waals surface area contributed by atoms with E-state index < -0.39 is 17.4 Å². The predicted molar refractivity (Wildman–Crippen MR) is 146 cm³/mol. The molecule has 2 amide bonds. The summed E-state index contributed by atoms with van der Waals surface area (Å²) >= 11 is 13.7. The third kappa shape index (κ3) is 4.52. The summed E-state index contributed by atoms with van der Waals surface area (Å²) in [5.74, 6) is -0.508. The van der Waals surface area contributed by atoms with Gasteiger partial charge in [-0.15, -0.1) is 0 Å². The van der Waals surface area contributed by atoms with Crippen LogP contribution in [0.5, 0.6) is 5.75 Å². The van der Waals surface area contributed by atoms with Crippen molar-refractivity contribution >= 4 is 79.1 Å². The van der Waals surface area contributed by atoms with Gasteiger partial charge in [-0.1, -0.05) is 46.7 Å². The van der Waals surface area contributed by atoms with E-state index in [2.05, 4.69) is 20.6 Å². The number of hydrogen-bond donors (Lipinski definition) is 3. The van der Waals surface area contributed by atoms with Gasteiger partial charge in [0.05, 0.1) is 23.7 Å². The van der Waals surface area contributed by atoms with Crippen molar-refractivity contribution in [1.82, 2.24) is 9.97 Å². The molecule has 4 aromatic rings. The highest BCUT2D eigenvalue weighted by molar-refractivity contribution is 7.22. The van der Waals surface area contributed by atoms with Gasteiger partial charge in [0.15, 0.2) is 5.13 Å². The smallest absolute Gasteiger partial charge is 0.325 e. The minimum Gasteiger partial charge on any atom is -0.506 e. The van der Waals surface area contributed by atoms with Gasteiger partial charge in [-0.2, -0.15) is 0 Å². The van der Waals surface area contributed by atoms with E-state index in [0.717, 1.165) is 0 Å². The molecule has 9 nitrogen and oxygen atoms in total. The molecule has 0 aliphatic carbocycles. The summed E-state index contributed by atoms with van der Waals surface area (Å²) < 4.78 is 5.35. The Labute approximate surface area is 226 Å². The van der Waals surface area contributed by atoms with Crippen molar-refractivity contribution in [1.29, 1.82) is 0 Å². The molecule has 12 heteroatoms. The van der Waals surface area contributed by atoms with Gasteiger partial charge < -0.3 is 20.1 Å². The van der Waals surface area contributed by atoms with E-state index in [9.17, 15) is 14.7 Å². The van der Waals surface area contributed by atoms with Crippen LogP contribution in [-0.4, -0.2) is 40.2 Å². The van der Waals surface area contributed by atoms with Crippen LogP contribution in [0, 0.1) is 0 Å². The lowest BCUT2D eigenvalue weighted by molar-refractivity contribution is -0.148. The molecule has 0 saturated heterocycles. The van der Waals surface area contributed by atoms with E-state index in [1.165, 1.54) is 17.4 Å². The van der Waals surface area contributed by atoms with E-state index in [-0.39, 0.29) is 18.9 Å². The number of pyridine rings is 1. The molecule has 2 aromatic carbocycles. The van der Waals surface area contributed by atoms with Crippen molar-refractivity contribution in [3.63, 3.8) is 0 Å². The largest absolute Gasteiger partial charge is 0.506 e. The molecule has 1 atom stereocenters. The highest BCUT2D eigenvalue weighted by atomic mass is 35.5. The first kappa shape index (κ1) is 25.1. The van der Waals surface area contributed by atoms with Gasteiger partial charge in [-0.3, -0.25) is 10.1 Å². The van der Waals surface area contributed by atoms with E-state index >= 15 is 0 Å². The fraction of sp³-hybridized carbons (Fsp3) is 0.200. The number of urea groups is 1. The number of fused-ring (bicyclic) bond motifs is 2. The van der Waals surface area contributed by atoms with Crippen molar-refractivity contribution < 1.29 is 19.4 Å². The number of rotatable bonds is 5. The molecule has 1 aliphatic rings. The van der Waals surface area contributed by atoms with Gasteiger partial charge in [0.25, 0.3) is 0 Å². The number of ether oxygens (including phenoxy) is 1. The zero-order valence-electron chi connectivity index (χ0n) is 19.7. The normalized spacial score (nSPS) is 16.5. The van der Waals surface area contributed by atoms with Gasteiger partial charge in [0.1, 0.15) is 26.7 Å². The van der Waals surface area contributed by atoms with E-state index in [0.29, 0.717) is 48.3 Å². The standard InChI is InChI=1S/C25H21Cl2N5O4S/c1-3-36-22(34)25(2)12-32(20-17(33)10-8-13(26)19(20)25)16-7-5-4-6-14(16)28-23(35)31-24-29-15-9-11-18(27)30-21(15)37-24/h4-11,33H,3,12H2,1-2H3,(H2,28,29,31,35). The summed E-state index contributed by atoms with van der Waals surface area (Å²) in [7, 11) is 0. The van der Waals surface area contributed by atoms with Gasteiger partial charge in [-0.25, -0.2) is 14.8 Å². The summed E-state index contributed by atoms with van der Waals surface area (Å²) in [6.07, 6.45) is 0. The van der Waals surface area contributed by atoms with Crippen LogP contribution in [0.1, 0.15) is 19.4 Å². The van der Waals surface area contributed by atoms with Gasteiger partial charge in [0.2, 0.25) is 0 Å². The molecule has 37 heavy (non-hydrogen) atoms.